The van der Waals surface area contributed by atoms with Gasteiger partial charge in [-0.25, -0.2) is 0 Å². The maximum absolute atomic E-state index is 11.8. The van der Waals surface area contributed by atoms with Gasteiger partial charge in [-0.3, -0.25) is 4.79 Å². The Morgan fingerprint density at radius 1 is 1.60 bits per heavy atom. The molecule has 1 aromatic heterocycles. The summed E-state index contributed by atoms with van der Waals surface area (Å²) < 4.78 is 0. The summed E-state index contributed by atoms with van der Waals surface area (Å²) in [5.74, 6) is 0.683. The van der Waals surface area contributed by atoms with Crippen molar-refractivity contribution in [2.75, 3.05) is 18.4 Å². The van der Waals surface area contributed by atoms with Crippen LogP contribution in [0, 0.1) is 5.92 Å². The number of nitrogens with one attached hydrogen (secondary N) is 1. The normalized spacial score (nSPS) is 18.1. The molecule has 0 aromatic carbocycles. The summed E-state index contributed by atoms with van der Waals surface area (Å²) in [6.07, 6.45) is 3.60. The highest BCUT2D eigenvalue weighted by atomic mass is 79.9. The van der Waals surface area contributed by atoms with Gasteiger partial charge in [0, 0.05) is 18.4 Å². The van der Waals surface area contributed by atoms with E-state index in [4.69, 9.17) is 0 Å². The van der Waals surface area contributed by atoms with Gasteiger partial charge in [0.25, 0.3) is 5.91 Å². The monoisotopic (exact) mass is 272 g/mol. The Bertz CT molecular complexity index is 319. The van der Waals surface area contributed by atoms with Crippen LogP contribution in [0.15, 0.2) is 6.20 Å². The second-order valence-electron chi connectivity index (χ2n) is 3.75. The number of halogens is 1. The molecule has 1 saturated heterocycles. The maximum Gasteiger partial charge on any atom is 0.276 e. The highest BCUT2D eigenvalue weighted by Gasteiger charge is 2.24. The molecule has 1 aliphatic rings. The second-order valence-corrected chi connectivity index (χ2v) is 4.39. The fourth-order valence-electron chi connectivity index (χ4n) is 1.76. The molecule has 1 fully saturated rings. The van der Waals surface area contributed by atoms with Crippen LogP contribution in [0.5, 0.6) is 0 Å². The highest BCUT2D eigenvalue weighted by Crippen LogP contribution is 2.19. The van der Waals surface area contributed by atoms with E-state index in [1.807, 2.05) is 4.90 Å². The van der Waals surface area contributed by atoms with Crippen LogP contribution in [0.25, 0.3) is 0 Å². The number of H-pyrrole nitrogens is 1. The van der Waals surface area contributed by atoms with Crippen molar-refractivity contribution in [3.05, 3.63) is 11.9 Å². The first kappa shape index (κ1) is 10.6. The molecule has 0 atom stereocenters. The molecule has 1 amide bonds. The van der Waals surface area contributed by atoms with E-state index in [1.54, 1.807) is 0 Å². The predicted molar refractivity (Wildman–Crippen MR) is 58.8 cm³/mol. The van der Waals surface area contributed by atoms with Gasteiger partial charge in [0.05, 0.1) is 6.20 Å². The van der Waals surface area contributed by atoms with Crippen LogP contribution in [0.4, 0.5) is 0 Å². The third-order valence-electron chi connectivity index (χ3n) is 2.75. The number of aromatic amines is 1. The summed E-state index contributed by atoms with van der Waals surface area (Å²) in [4.78, 5) is 13.7. The first-order chi connectivity index (χ1) is 7.31. The molecule has 0 aliphatic carbocycles. The van der Waals surface area contributed by atoms with Crippen LogP contribution in [-0.4, -0.2) is 44.6 Å². The van der Waals surface area contributed by atoms with E-state index < -0.39 is 0 Å². The van der Waals surface area contributed by atoms with E-state index in [9.17, 15) is 4.79 Å². The van der Waals surface area contributed by atoms with E-state index in [2.05, 4.69) is 31.3 Å². The van der Waals surface area contributed by atoms with E-state index in [1.165, 1.54) is 6.20 Å². The Morgan fingerprint density at radius 2 is 2.33 bits per heavy atom. The summed E-state index contributed by atoms with van der Waals surface area (Å²) in [7, 11) is 0. The molecule has 0 bridgehead atoms. The maximum atomic E-state index is 11.8. The number of hydrogen-bond donors (Lipinski definition) is 1. The standard InChI is InChI=1S/C9H13BrN4O/c10-5-7-1-3-14(4-2-7)9(15)8-6-11-13-12-8/h6-7H,1-5H2,(H,11,12,13). The number of carbonyl (C=O) groups is 1. The number of likely N-dealkylation sites (tertiary alicyclic amines) is 1. The number of aromatic nitrogens is 3. The minimum absolute atomic E-state index is 0.0169. The summed E-state index contributed by atoms with van der Waals surface area (Å²) in [5, 5.41) is 10.9. The number of alkyl halides is 1. The Morgan fingerprint density at radius 3 is 2.87 bits per heavy atom. The molecule has 2 heterocycles. The molecule has 0 radical (unpaired) electrons. The van der Waals surface area contributed by atoms with Crippen molar-refractivity contribution in [2.45, 2.75) is 12.8 Å². The predicted octanol–water partition coefficient (Wildman–Crippen LogP) is 1.05. The molecular weight excluding hydrogens is 260 g/mol. The van der Waals surface area contributed by atoms with Crippen molar-refractivity contribution >= 4 is 21.8 Å². The molecule has 6 heteroatoms. The zero-order valence-corrected chi connectivity index (χ0v) is 9.90. The molecule has 1 aliphatic heterocycles. The molecule has 1 aromatic rings. The molecule has 0 saturated carbocycles. The Labute approximate surface area is 96.4 Å². The van der Waals surface area contributed by atoms with Crippen LogP contribution in [-0.2, 0) is 0 Å². The van der Waals surface area contributed by atoms with E-state index in [-0.39, 0.29) is 5.91 Å². The summed E-state index contributed by atoms with van der Waals surface area (Å²) >= 11 is 3.48. The Balaban J connectivity index is 1.93. The number of carbonyl (C=O) groups excluding carboxylic acids is 1. The lowest BCUT2D eigenvalue weighted by Crippen LogP contribution is -2.39. The number of nitrogens with zero attached hydrogens (tertiary/aromatic N) is 3. The lowest BCUT2D eigenvalue weighted by atomic mass is 9.99. The van der Waals surface area contributed by atoms with Crippen molar-refractivity contribution in [1.29, 1.82) is 0 Å². The van der Waals surface area contributed by atoms with E-state index in [0.29, 0.717) is 11.6 Å². The highest BCUT2D eigenvalue weighted by molar-refractivity contribution is 9.09. The minimum atomic E-state index is -0.0169. The van der Waals surface area contributed by atoms with E-state index >= 15 is 0 Å². The Kier molecular flexibility index (Phi) is 3.35. The number of amides is 1. The average Bonchev–Trinajstić information content (AvgIpc) is 2.82. The third-order valence-corrected chi connectivity index (χ3v) is 3.67. The number of rotatable bonds is 2. The van der Waals surface area contributed by atoms with Crippen molar-refractivity contribution in [3.63, 3.8) is 0 Å². The fraction of sp³-hybridized carbons (Fsp3) is 0.667. The van der Waals surface area contributed by atoms with Crippen molar-refractivity contribution in [2.24, 2.45) is 5.92 Å². The minimum Gasteiger partial charge on any atom is -0.337 e. The first-order valence-electron chi connectivity index (χ1n) is 5.02. The lowest BCUT2D eigenvalue weighted by Gasteiger charge is -2.30. The summed E-state index contributed by atoms with van der Waals surface area (Å²) in [6, 6.07) is 0. The zero-order valence-electron chi connectivity index (χ0n) is 8.32. The number of piperidine rings is 1. The first-order valence-corrected chi connectivity index (χ1v) is 6.14. The van der Waals surface area contributed by atoms with Crippen LogP contribution < -0.4 is 0 Å². The summed E-state index contributed by atoms with van der Waals surface area (Å²) in [6.45, 7) is 1.64. The molecule has 0 spiro atoms. The fourth-order valence-corrected chi connectivity index (χ4v) is 2.40. The van der Waals surface area contributed by atoms with Gasteiger partial charge in [-0.1, -0.05) is 15.9 Å². The molecule has 82 valence electrons. The molecule has 2 rings (SSSR count). The van der Waals surface area contributed by atoms with Gasteiger partial charge >= 0.3 is 0 Å². The van der Waals surface area contributed by atoms with Crippen molar-refractivity contribution < 1.29 is 4.79 Å². The molecule has 0 unspecified atom stereocenters. The van der Waals surface area contributed by atoms with Gasteiger partial charge in [0.1, 0.15) is 0 Å². The summed E-state index contributed by atoms with van der Waals surface area (Å²) in [5.41, 5.74) is 0.410. The van der Waals surface area contributed by atoms with Crippen molar-refractivity contribution in [3.8, 4) is 0 Å². The lowest BCUT2D eigenvalue weighted by molar-refractivity contribution is 0.0693. The molecule has 1 N–H and O–H groups in total. The zero-order chi connectivity index (χ0) is 10.7. The third kappa shape index (κ3) is 2.37. The Hall–Kier alpha value is -0.910. The van der Waals surface area contributed by atoms with Crippen molar-refractivity contribution in [1.82, 2.24) is 20.3 Å². The van der Waals surface area contributed by atoms with Gasteiger partial charge in [0.2, 0.25) is 0 Å². The average molecular weight is 273 g/mol. The number of hydrogen-bond acceptors (Lipinski definition) is 3. The quantitative estimate of drug-likeness (QED) is 0.819. The molecular formula is C9H13BrN4O. The van der Waals surface area contributed by atoms with Gasteiger partial charge in [-0.2, -0.15) is 15.4 Å². The van der Waals surface area contributed by atoms with Crippen LogP contribution >= 0.6 is 15.9 Å². The smallest absolute Gasteiger partial charge is 0.276 e. The SMILES string of the molecule is O=C(c1cn[nH]n1)N1CCC(CBr)CC1. The van der Waals surface area contributed by atoms with Crippen LogP contribution in [0.1, 0.15) is 23.3 Å². The van der Waals surface area contributed by atoms with Crippen LogP contribution in [0.3, 0.4) is 0 Å². The topological polar surface area (TPSA) is 61.9 Å². The van der Waals surface area contributed by atoms with Gasteiger partial charge in [-0.05, 0) is 18.8 Å². The van der Waals surface area contributed by atoms with Crippen LogP contribution in [0.2, 0.25) is 0 Å². The van der Waals surface area contributed by atoms with Gasteiger partial charge in [-0.15, -0.1) is 0 Å². The molecule has 15 heavy (non-hydrogen) atoms. The van der Waals surface area contributed by atoms with Gasteiger partial charge < -0.3 is 4.90 Å². The molecule has 5 nitrogen and oxygen atoms in total. The van der Waals surface area contributed by atoms with E-state index in [0.717, 1.165) is 31.3 Å². The largest absolute Gasteiger partial charge is 0.337 e. The van der Waals surface area contributed by atoms with Gasteiger partial charge in [0.15, 0.2) is 5.69 Å². The second kappa shape index (κ2) is 4.74.